The number of carbonyl (C=O) groups excluding carboxylic acids is 1. The van der Waals surface area contributed by atoms with Crippen LogP contribution in [-0.2, 0) is 0 Å². The van der Waals surface area contributed by atoms with E-state index >= 15 is 0 Å². The maximum Gasteiger partial charge on any atom is 0.340 e. The van der Waals surface area contributed by atoms with Crippen molar-refractivity contribution in [2.24, 2.45) is 10.7 Å². The molecule has 0 aromatic carbocycles. The molecule has 15 heavy (non-hydrogen) atoms. The Hall–Kier alpha value is -0.840. The smallest absolute Gasteiger partial charge is 0.336 e. The SMILES string of the molecule is CC(C)(C)CCNC(=O)N(CCCl)N=O. The average molecular weight is 236 g/mol. The molecule has 0 fully saturated rings. The number of hydrogen-bond acceptors (Lipinski definition) is 3. The van der Waals surface area contributed by atoms with Gasteiger partial charge in [0.1, 0.15) is 0 Å². The summed E-state index contributed by atoms with van der Waals surface area (Å²) in [5, 5.41) is 5.98. The molecule has 0 atom stereocenters. The fraction of sp³-hybridized carbons (Fsp3) is 0.889. The maximum atomic E-state index is 11.3. The number of nitroso groups, excluding NO2 is 1. The normalized spacial score (nSPS) is 10.9. The molecule has 0 unspecified atom stereocenters. The topological polar surface area (TPSA) is 61.8 Å². The van der Waals surface area contributed by atoms with E-state index < -0.39 is 6.03 Å². The summed E-state index contributed by atoms with van der Waals surface area (Å²) in [6, 6.07) is -0.491. The minimum absolute atomic E-state index is 0.131. The van der Waals surface area contributed by atoms with Crippen molar-refractivity contribution < 1.29 is 4.79 Å². The molecule has 0 rings (SSSR count). The van der Waals surface area contributed by atoms with E-state index in [9.17, 15) is 9.70 Å². The molecule has 0 aliphatic rings. The van der Waals surface area contributed by atoms with Gasteiger partial charge in [0.05, 0.1) is 11.8 Å². The number of halogens is 1. The highest BCUT2D eigenvalue weighted by atomic mass is 35.5. The third-order valence-electron chi connectivity index (χ3n) is 1.78. The molecule has 0 spiro atoms. The minimum atomic E-state index is -0.491. The molecule has 0 saturated carbocycles. The first-order valence-corrected chi connectivity index (χ1v) is 5.39. The second kappa shape index (κ2) is 6.61. The van der Waals surface area contributed by atoms with Gasteiger partial charge in [-0.2, -0.15) is 5.01 Å². The summed E-state index contributed by atoms with van der Waals surface area (Å²) in [5.74, 6) is 0.193. The van der Waals surface area contributed by atoms with Gasteiger partial charge in [0.25, 0.3) is 0 Å². The summed E-state index contributed by atoms with van der Waals surface area (Å²) in [7, 11) is 0. The van der Waals surface area contributed by atoms with Crippen LogP contribution in [0, 0.1) is 10.3 Å². The first-order chi connectivity index (χ1) is 6.90. The van der Waals surface area contributed by atoms with Crippen molar-refractivity contribution in [3.05, 3.63) is 4.91 Å². The number of carbonyl (C=O) groups is 1. The lowest BCUT2D eigenvalue weighted by atomic mass is 9.92. The molecule has 0 aromatic heterocycles. The predicted octanol–water partition coefficient (Wildman–Crippen LogP) is 2.35. The number of amides is 2. The van der Waals surface area contributed by atoms with Gasteiger partial charge < -0.3 is 5.32 Å². The van der Waals surface area contributed by atoms with E-state index in [0.717, 1.165) is 11.4 Å². The van der Waals surface area contributed by atoms with Crippen molar-refractivity contribution in [3.63, 3.8) is 0 Å². The van der Waals surface area contributed by atoms with E-state index in [-0.39, 0.29) is 17.8 Å². The third kappa shape index (κ3) is 7.13. The fourth-order valence-electron chi connectivity index (χ4n) is 0.895. The van der Waals surface area contributed by atoms with Crippen LogP contribution in [0.25, 0.3) is 0 Å². The van der Waals surface area contributed by atoms with Gasteiger partial charge in [0, 0.05) is 12.4 Å². The molecule has 0 saturated heterocycles. The van der Waals surface area contributed by atoms with Crippen molar-refractivity contribution in [3.8, 4) is 0 Å². The zero-order valence-corrected chi connectivity index (χ0v) is 10.2. The van der Waals surface area contributed by atoms with E-state index in [1.807, 2.05) is 0 Å². The summed E-state index contributed by atoms with van der Waals surface area (Å²) < 4.78 is 0. The van der Waals surface area contributed by atoms with Gasteiger partial charge in [-0.15, -0.1) is 16.5 Å². The Morgan fingerprint density at radius 3 is 2.47 bits per heavy atom. The van der Waals surface area contributed by atoms with Crippen LogP contribution < -0.4 is 5.32 Å². The van der Waals surface area contributed by atoms with Gasteiger partial charge in [-0.3, -0.25) is 0 Å². The first-order valence-electron chi connectivity index (χ1n) is 4.85. The Labute approximate surface area is 95.1 Å². The first kappa shape index (κ1) is 14.2. The van der Waals surface area contributed by atoms with Crippen molar-refractivity contribution in [2.45, 2.75) is 27.2 Å². The Morgan fingerprint density at radius 2 is 2.07 bits per heavy atom. The van der Waals surface area contributed by atoms with Crippen LogP contribution in [0.2, 0.25) is 0 Å². The predicted molar refractivity (Wildman–Crippen MR) is 60.7 cm³/mol. The van der Waals surface area contributed by atoms with Crippen LogP contribution in [0.4, 0.5) is 4.79 Å². The van der Waals surface area contributed by atoms with Crippen LogP contribution in [0.5, 0.6) is 0 Å². The summed E-state index contributed by atoms with van der Waals surface area (Å²) >= 11 is 5.41. The van der Waals surface area contributed by atoms with Crippen molar-refractivity contribution in [2.75, 3.05) is 19.0 Å². The van der Waals surface area contributed by atoms with Crippen molar-refractivity contribution >= 4 is 17.6 Å². The van der Waals surface area contributed by atoms with Gasteiger partial charge in [0.15, 0.2) is 0 Å². The summed E-state index contributed by atoms with van der Waals surface area (Å²) in [4.78, 5) is 21.6. The van der Waals surface area contributed by atoms with Crippen LogP contribution in [-0.4, -0.2) is 30.0 Å². The Bertz CT molecular complexity index is 216. The lowest BCUT2D eigenvalue weighted by Gasteiger charge is -2.19. The molecule has 2 amide bonds. The molecular weight excluding hydrogens is 218 g/mol. The van der Waals surface area contributed by atoms with Gasteiger partial charge in [-0.25, -0.2) is 4.79 Å². The summed E-state index contributed by atoms with van der Waals surface area (Å²) in [5.41, 5.74) is 0.152. The standard InChI is InChI=1S/C9H18ClN3O2/c1-9(2,3)4-6-11-8(14)13(12-15)7-5-10/h4-7H2,1-3H3,(H,11,14). The average Bonchev–Trinajstić information content (AvgIpc) is 2.11. The van der Waals surface area contributed by atoms with Gasteiger partial charge in [-0.1, -0.05) is 20.8 Å². The van der Waals surface area contributed by atoms with Crippen LogP contribution >= 0.6 is 11.6 Å². The molecule has 0 aromatic rings. The third-order valence-corrected chi connectivity index (χ3v) is 1.95. The molecule has 1 N–H and O–H groups in total. The maximum absolute atomic E-state index is 11.3. The Kier molecular flexibility index (Phi) is 6.24. The zero-order chi connectivity index (χ0) is 11.9. The van der Waals surface area contributed by atoms with Crippen molar-refractivity contribution in [1.82, 2.24) is 10.3 Å². The number of urea groups is 1. The number of nitrogens with zero attached hydrogens (tertiary/aromatic N) is 2. The van der Waals surface area contributed by atoms with E-state index in [4.69, 9.17) is 11.6 Å². The Morgan fingerprint density at radius 1 is 1.47 bits per heavy atom. The fourth-order valence-corrected chi connectivity index (χ4v) is 1.06. The zero-order valence-electron chi connectivity index (χ0n) is 9.42. The van der Waals surface area contributed by atoms with E-state index in [1.165, 1.54) is 0 Å². The largest absolute Gasteiger partial charge is 0.340 e. The van der Waals surface area contributed by atoms with Crippen molar-refractivity contribution in [1.29, 1.82) is 0 Å². The van der Waals surface area contributed by atoms with E-state index in [1.54, 1.807) is 0 Å². The number of rotatable bonds is 5. The Balaban J connectivity index is 3.86. The highest BCUT2D eigenvalue weighted by Crippen LogP contribution is 2.16. The molecule has 5 nitrogen and oxygen atoms in total. The number of nitrogens with one attached hydrogen (secondary N) is 1. The second-order valence-corrected chi connectivity index (χ2v) is 4.81. The minimum Gasteiger partial charge on any atom is -0.336 e. The second-order valence-electron chi connectivity index (χ2n) is 4.44. The molecule has 0 bridgehead atoms. The highest BCUT2D eigenvalue weighted by Gasteiger charge is 2.14. The van der Waals surface area contributed by atoms with Gasteiger partial charge in [0.2, 0.25) is 0 Å². The van der Waals surface area contributed by atoms with Gasteiger partial charge in [-0.05, 0) is 11.8 Å². The van der Waals surface area contributed by atoms with E-state index in [2.05, 4.69) is 31.4 Å². The molecule has 0 aliphatic heterocycles. The monoisotopic (exact) mass is 235 g/mol. The number of hydrogen-bond donors (Lipinski definition) is 1. The van der Waals surface area contributed by atoms with Crippen LogP contribution in [0.15, 0.2) is 5.29 Å². The van der Waals surface area contributed by atoms with Crippen LogP contribution in [0.3, 0.4) is 0 Å². The molecular formula is C9H18ClN3O2. The molecule has 0 heterocycles. The molecule has 0 aliphatic carbocycles. The molecule has 0 radical (unpaired) electrons. The molecule has 88 valence electrons. The summed E-state index contributed by atoms with van der Waals surface area (Å²) in [6.45, 7) is 6.89. The summed E-state index contributed by atoms with van der Waals surface area (Å²) in [6.07, 6.45) is 0.840. The quantitative estimate of drug-likeness (QED) is 0.452. The van der Waals surface area contributed by atoms with Gasteiger partial charge >= 0.3 is 6.03 Å². The van der Waals surface area contributed by atoms with Crippen LogP contribution in [0.1, 0.15) is 27.2 Å². The molecule has 6 heteroatoms. The highest BCUT2D eigenvalue weighted by molar-refractivity contribution is 6.18. The lowest BCUT2D eigenvalue weighted by molar-refractivity contribution is 0.200. The van der Waals surface area contributed by atoms with E-state index in [0.29, 0.717) is 6.54 Å². The number of alkyl halides is 1. The lowest BCUT2D eigenvalue weighted by Crippen LogP contribution is -2.38.